The number of aliphatic hydroxyl groups excluding tert-OH is 1. The van der Waals surface area contributed by atoms with E-state index in [1.54, 1.807) is 11.1 Å². The van der Waals surface area contributed by atoms with Gasteiger partial charge in [0.05, 0.1) is 35.9 Å². The fourth-order valence-electron chi connectivity index (χ4n) is 5.62. The highest BCUT2D eigenvalue weighted by Gasteiger charge is 2.33. The number of piperidine rings is 1. The number of amides is 1. The lowest BCUT2D eigenvalue weighted by atomic mass is 9.86. The highest BCUT2D eigenvalue weighted by molar-refractivity contribution is 5.94. The van der Waals surface area contributed by atoms with E-state index in [-0.39, 0.29) is 17.7 Å². The molecule has 1 saturated carbocycles. The maximum absolute atomic E-state index is 13.7. The molecule has 2 fully saturated rings. The van der Waals surface area contributed by atoms with Crippen LogP contribution in [-0.2, 0) is 16.6 Å². The summed E-state index contributed by atoms with van der Waals surface area (Å²) in [5.74, 6) is -0.666. The van der Waals surface area contributed by atoms with Gasteiger partial charge in [-0.25, -0.2) is 9.78 Å². The minimum atomic E-state index is -1.07. The number of carboxylic acid groups (broad SMARTS) is 1. The highest BCUT2D eigenvalue weighted by atomic mass is 16.4. The van der Waals surface area contributed by atoms with Gasteiger partial charge in [0.25, 0.3) is 0 Å². The summed E-state index contributed by atoms with van der Waals surface area (Å²) in [6.07, 6.45) is 11.4. The molecule has 2 N–H and O–H groups in total. The molecule has 38 heavy (non-hydrogen) atoms. The predicted octanol–water partition coefficient (Wildman–Crippen LogP) is 3.26. The van der Waals surface area contributed by atoms with Crippen molar-refractivity contribution in [3.63, 3.8) is 0 Å². The number of hydrogen-bond donors (Lipinski definition) is 2. The summed E-state index contributed by atoms with van der Waals surface area (Å²) >= 11 is 0. The van der Waals surface area contributed by atoms with Crippen LogP contribution in [0.1, 0.15) is 44.2 Å². The number of anilines is 2. The number of carbonyl (C=O) groups excluding carboxylic acids is 1. The summed E-state index contributed by atoms with van der Waals surface area (Å²) in [4.78, 5) is 37.6. The van der Waals surface area contributed by atoms with Crippen LogP contribution in [0.2, 0.25) is 0 Å². The number of carboxylic acids is 1. The molecule has 3 heterocycles. The Kier molecular flexibility index (Phi) is 7.69. The van der Waals surface area contributed by atoms with Gasteiger partial charge in [0, 0.05) is 49.7 Å². The highest BCUT2D eigenvalue weighted by Crippen LogP contribution is 2.31. The molecule has 1 saturated heterocycles. The molecule has 2 atom stereocenters. The average molecular weight is 519 g/mol. The SMILES string of the molecule is Cn1ncc2cc(N3CCC(CN(C(=O)C4CCCC(O)C4)c4cncc(C=CC(=O)O)n4)CC3)ccc21. The molecule has 5 rings (SSSR count). The standard InChI is InChI=1S/C28H34N6O4/c1-32-25-7-6-23(13-21(25)15-30-32)33-11-9-19(10-12-33)18-34(28(38)20-3-2-4-24(35)14-20)26-17-29-16-22(31-26)5-8-27(36)37/h5-8,13,15-17,19-20,24,35H,2-4,9-12,14,18H2,1H3,(H,36,37). The van der Waals surface area contributed by atoms with E-state index in [2.05, 4.69) is 38.2 Å². The van der Waals surface area contributed by atoms with Gasteiger partial charge in [-0.2, -0.15) is 5.10 Å². The molecule has 1 aliphatic carbocycles. The lowest BCUT2D eigenvalue weighted by Crippen LogP contribution is -2.44. The first-order valence-electron chi connectivity index (χ1n) is 13.3. The molecule has 10 nitrogen and oxygen atoms in total. The first-order valence-corrected chi connectivity index (χ1v) is 13.3. The van der Waals surface area contributed by atoms with Crippen molar-refractivity contribution in [1.82, 2.24) is 19.7 Å². The maximum atomic E-state index is 13.7. The monoisotopic (exact) mass is 518 g/mol. The van der Waals surface area contributed by atoms with Crippen LogP contribution in [0.5, 0.6) is 0 Å². The van der Waals surface area contributed by atoms with Crippen molar-refractivity contribution in [2.24, 2.45) is 18.9 Å². The van der Waals surface area contributed by atoms with Crippen molar-refractivity contribution < 1.29 is 19.8 Å². The molecule has 0 spiro atoms. The predicted molar refractivity (Wildman–Crippen MR) is 145 cm³/mol. The van der Waals surface area contributed by atoms with Gasteiger partial charge >= 0.3 is 5.97 Å². The number of fused-ring (bicyclic) bond motifs is 1. The molecular weight excluding hydrogens is 484 g/mol. The molecule has 1 amide bonds. The van der Waals surface area contributed by atoms with Crippen molar-refractivity contribution in [1.29, 1.82) is 0 Å². The van der Waals surface area contributed by atoms with E-state index in [9.17, 15) is 14.7 Å². The average Bonchev–Trinajstić information content (AvgIpc) is 3.30. The Balaban J connectivity index is 1.31. The van der Waals surface area contributed by atoms with Gasteiger partial charge in [-0.3, -0.25) is 19.4 Å². The van der Waals surface area contributed by atoms with E-state index in [0.717, 1.165) is 62.2 Å². The Hall–Kier alpha value is -3.79. The number of nitrogens with zero attached hydrogens (tertiary/aromatic N) is 6. The van der Waals surface area contributed by atoms with E-state index < -0.39 is 12.1 Å². The number of carbonyl (C=O) groups is 2. The fourth-order valence-corrected chi connectivity index (χ4v) is 5.62. The van der Waals surface area contributed by atoms with Gasteiger partial charge in [0.15, 0.2) is 5.82 Å². The van der Waals surface area contributed by atoms with Crippen LogP contribution in [0.15, 0.2) is 42.9 Å². The largest absolute Gasteiger partial charge is 0.478 e. The van der Waals surface area contributed by atoms with Crippen LogP contribution in [0.3, 0.4) is 0 Å². The molecule has 2 unspecified atom stereocenters. The van der Waals surface area contributed by atoms with Gasteiger partial charge < -0.3 is 15.1 Å². The molecule has 1 aromatic carbocycles. The minimum absolute atomic E-state index is 0.0399. The van der Waals surface area contributed by atoms with Crippen LogP contribution in [-0.4, -0.2) is 67.6 Å². The van der Waals surface area contributed by atoms with Gasteiger partial charge in [-0.15, -0.1) is 0 Å². The summed E-state index contributed by atoms with van der Waals surface area (Å²) in [6.45, 7) is 2.28. The number of hydrogen-bond acceptors (Lipinski definition) is 7. The Morgan fingerprint density at radius 2 is 1.95 bits per heavy atom. The van der Waals surface area contributed by atoms with Crippen molar-refractivity contribution in [3.8, 4) is 0 Å². The maximum Gasteiger partial charge on any atom is 0.328 e. The number of rotatable bonds is 7. The number of aliphatic hydroxyl groups is 1. The minimum Gasteiger partial charge on any atom is -0.478 e. The van der Waals surface area contributed by atoms with E-state index in [1.165, 1.54) is 18.0 Å². The van der Waals surface area contributed by atoms with Crippen LogP contribution < -0.4 is 9.80 Å². The van der Waals surface area contributed by atoms with E-state index in [4.69, 9.17) is 5.11 Å². The van der Waals surface area contributed by atoms with Crippen molar-refractivity contribution in [2.45, 2.75) is 44.6 Å². The van der Waals surface area contributed by atoms with Gasteiger partial charge in [-0.05, 0) is 62.3 Å². The van der Waals surface area contributed by atoms with E-state index in [0.29, 0.717) is 24.5 Å². The molecule has 200 valence electrons. The molecule has 3 aromatic rings. The van der Waals surface area contributed by atoms with Gasteiger partial charge in [0.1, 0.15) is 0 Å². The Morgan fingerprint density at radius 3 is 2.71 bits per heavy atom. The first-order chi connectivity index (χ1) is 18.4. The summed E-state index contributed by atoms with van der Waals surface area (Å²) < 4.78 is 1.87. The summed E-state index contributed by atoms with van der Waals surface area (Å²) in [5, 5.41) is 24.6. The quantitative estimate of drug-likeness (QED) is 0.457. The lowest BCUT2D eigenvalue weighted by molar-refractivity contribution is -0.131. The second-order valence-electron chi connectivity index (χ2n) is 10.4. The topological polar surface area (TPSA) is 125 Å². The Bertz CT molecular complexity index is 1330. The normalized spacial score (nSPS) is 20.7. The Morgan fingerprint density at radius 1 is 1.13 bits per heavy atom. The van der Waals surface area contributed by atoms with Crippen LogP contribution >= 0.6 is 0 Å². The molecule has 0 bridgehead atoms. The van der Waals surface area contributed by atoms with Gasteiger partial charge in [-0.1, -0.05) is 6.42 Å². The summed E-state index contributed by atoms with van der Waals surface area (Å²) in [6, 6.07) is 6.42. The fraction of sp³-hybridized carbons (Fsp3) is 0.464. The molecule has 0 radical (unpaired) electrons. The molecule has 1 aliphatic heterocycles. The number of benzene rings is 1. The van der Waals surface area contributed by atoms with Crippen LogP contribution in [0.25, 0.3) is 17.0 Å². The van der Waals surface area contributed by atoms with Crippen molar-refractivity contribution in [3.05, 3.63) is 48.6 Å². The second kappa shape index (κ2) is 11.3. The van der Waals surface area contributed by atoms with E-state index >= 15 is 0 Å². The first kappa shape index (κ1) is 25.8. The number of aryl methyl sites for hydroxylation is 1. The summed E-state index contributed by atoms with van der Waals surface area (Å²) in [7, 11) is 1.94. The van der Waals surface area contributed by atoms with E-state index in [1.807, 2.05) is 17.9 Å². The zero-order chi connectivity index (χ0) is 26.6. The van der Waals surface area contributed by atoms with Gasteiger partial charge in [0.2, 0.25) is 5.91 Å². The Labute approximate surface area is 221 Å². The second-order valence-corrected chi connectivity index (χ2v) is 10.4. The molecule has 2 aliphatic rings. The molecule has 2 aromatic heterocycles. The summed E-state index contributed by atoms with van der Waals surface area (Å²) in [5.41, 5.74) is 2.66. The third-order valence-electron chi connectivity index (χ3n) is 7.73. The third kappa shape index (κ3) is 5.85. The lowest BCUT2D eigenvalue weighted by Gasteiger charge is -2.37. The number of aliphatic carboxylic acids is 1. The number of aromatic nitrogens is 4. The smallest absolute Gasteiger partial charge is 0.328 e. The van der Waals surface area contributed by atoms with Crippen molar-refractivity contribution in [2.75, 3.05) is 29.4 Å². The van der Waals surface area contributed by atoms with Crippen molar-refractivity contribution >= 4 is 40.4 Å². The molecule has 10 heteroatoms. The molecular formula is C28H34N6O4. The zero-order valence-corrected chi connectivity index (χ0v) is 21.6. The zero-order valence-electron chi connectivity index (χ0n) is 21.6. The third-order valence-corrected chi connectivity index (χ3v) is 7.73. The van der Waals surface area contributed by atoms with Crippen LogP contribution in [0, 0.1) is 11.8 Å². The van der Waals surface area contributed by atoms with Crippen LogP contribution in [0.4, 0.5) is 11.5 Å².